The van der Waals surface area contributed by atoms with E-state index in [2.05, 4.69) is 9.88 Å². The normalized spacial score (nSPS) is 20.0. The molecule has 2 heterocycles. The lowest BCUT2D eigenvalue weighted by Crippen LogP contribution is -2.30. The largest absolute Gasteiger partial charge is 0.376 e. The quantitative estimate of drug-likeness (QED) is 0.829. The van der Waals surface area contributed by atoms with E-state index >= 15 is 0 Å². The molecule has 0 amide bonds. The number of likely N-dealkylation sites (N-methyl/N-ethyl adjacent to an activating group) is 1. The predicted octanol–water partition coefficient (Wildman–Crippen LogP) is 1.16. The summed E-state index contributed by atoms with van der Waals surface area (Å²) in [5.41, 5.74) is 6.78. The molecule has 2 N–H and O–H groups in total. The zero-order chi connectivity index (χ0) is 11.4. The minimum absolute atomic E-state index is 0.345. The molecule has 0 aromatic carbocycles. The molecule has 0 bridgehead atoms. The van der Waals surface area contributed by atoms with E-state index in [-0.39, 0.29) is 0 Å². The van der Waals surface area contributed by atoms with Gasteiger partial charge in [-0.2, -0.15) is 0 Å². The Morgan fingerprint density at radius 1 is 1.62 bits per heavy atom. The molecule has 0 radical (unpaired) electrons. The average molecular weight is 221 g/mol. The monoisotopic (exact) mass is 221 g/mol. The molecular weight excluding hydrogens is 202 g/mol. The molecule has 0 saturated carbocycles. The molecule has 4 nitrogen and oxygen atoms in total. The van der Waals surface area contributed by atoms with Gasteiger partial charge in [-0.05, 0) is 18.9 Å². The molecule has 1 aromatic heterocycles. The number of pyridine rings is 1. The van der Waals surface area contributed by atoms with Gasteiger partial charge in [-0.25, -0.2) is 4.98 Å². The lowest BCUT2D eigenvalue weighted by atomic mass is 10.2. The van der Waals surface area contributed by atoms with Gasteiger partial charge in [0.2, 0.25) is 0 Å². The van der Waals surface area contributed by atoms with E-state index in [9.17, 15) is 0 Å². The van der Waals surface area contributed by atoms with E-state index in [0.29, 0.717) is 12.6 Å². The van der Waals surface area contributed by atoms with Crippen molar-refractivity contribution in [2.45, 2.75) is 25.5 Å². The van der Waals surface area contributed by atoms with Crippen LogP contribution in [0, 0.1) is 0 Å². The van der Waals surface area contributed by atoms with Crippen LogP contribution in [0.5, 0.6) is 0 Å². The molecular formula is C12H19N3O. The maximum absolute atomic E-state index is 5.70. The highest BCUT2D eigenvalue weighted by Gasteiger charge is 2.18. The van der Waals surface area contributed by atoms with Gasteiger partial charge in [0, 0.05) is 38.5 Å². The highest BCUT2D eigenvalue weighted by molar-refractivity contribution is 5.45. The third-order valence-corrected chi connectivity index (χ3v) is 2.95. The maximum Gasteiger partial charge on any atom is 0.132 e. The Labute approximate surface area is 96.4 Å². The first-order valence-corrected chi connectivity index (χ1v) is 5.78. The van der Waals surface area contributed by atoms with E-state index in [1.807, 2.05) is 19.2 Å². The molecule has 1 saturated heterocycles. The standard InChI is InChI=1S/C12H19N3O/c1-15(9-11-5-3-7-16-11)12-10(8-13)4-2-6-14-12/h2,4,6,11H,3,5,7-9,13H2,1H3. The van der Waals surface area contributed by atoms with Gasteiger partial charge in [0.15, 0.2) is 0 Å². The predicted molar refractivity (Wildman–Crippen MR) is 64.4 cm³/mol. The maximum atomic E-state index is 5.70. The van der Waals surface area contributed by atoms with Gasteiger partial charge in [-0.3, -0.25) is 0 Å². The van der Waals surface area contributed by atoms with E-state index in [1.165, 1.54) is 6.42 Å². The first-order chi connectivity index (χ1) is 7.81. The van der Waals surface area contributed by atoms with Crippen molar-refractivity contribution in [3.8, 4) is 0 Å². The molecule has 0 aliphatic carbocycles. The molecule has 88 valence electrons. The fourth-order valence-corrected chi connectivity index (χ4v) is 2.11. The molecule has 1 atom stereocenters. The van der Waals surface area contributed by atoms with Crippen molar-refractivity contribution in [2.24, 2.45) is 5.73 Å². The second-order valence-corrected chi connectivity index (χ2v) is 4.21. The topological polar surface area (TPSA) is 51.4 Å². The Kier molecular flexibility index (Phi) is 3.74. The third-order valence-electron chi connectivity index (χ3n) is 2.95. The van der Waals surface area contributed by atoms with E-state index in [0.717, 1.165) is 31.0 Å². The number of nitrogens with zero attached hydrogens (tertiary/aromatic N) is 2. The fourth-order valence-electron chi connectivity index (χ4n) is 2.11. The summed E-state index contributed by atoms with van der Waals surface area (Å²) in [6.07, 6.45) is 4.47. The molecule has 1 aliphatic rings. The first-order valence-electron chi connectivity index (χ1n) is 5.78. The van der Waals surface area contributed by atoms with Gasteiger partial charge in [0.25, 0.3) is 0 Å². The lowest BCUT2D eigenvalue weighted by Gasteiger charge is -2.23. The van der Waals surface area contributed by atoms with Crippen molar-refractivity contribution in [3.63, 3.8) is 0 Å². The van der Waals surface area contributed by atoms with Crippen LogP contribution < -0.4 is 10.6 Å². The van der Waals surface area contributed by atoms with Crippen LogP contribution >= 0.6 is 0 Å². The summed E-state index contributed by atoms with van der Waals surface area (Å²) in [6.45, 7) is 2.31. The average Bonchev–Trinajstić information content (AvgIpc) is 2.81. The summed E-state index contributed by atoms with van der Waals surface area (Å²) in [5.74, 6) is 0.973. The Balaban J connectivity index is 2.04. The Bertz CT molecular complexity index is 337. The molecule has 1 fully saturated rings. The number of ether oxygens (including phenoxy) is 1. The number of nitrogens with two attached hydrogens (primary N) is 1. The Hall–Kier alpha value is -1.13. The summed E-state index contributed by atoms with van der Waals surface area (Å²) in [5, 5.41) is 0. The molecule has 16 heavy (non-hydrogen) atoms. The highest BCUT2D eigenvalue weighted by atomic mass is 16.5. The SMILES string of the molecule is CN(CC1CCCO1)c1ncccc1CN. The zero-order valence-corrected chi connectivity index (χ0v) is 9.72. The van der Waals surface area contributed by atoms with Gasteiger partial charge in [-0.1, -0.05) is 6.07 Å². The molecule has 1 aliphatic heterocycles. The second-order valence-electron chi connectivity index (χ2n) is 4.21. The number of rotatable bonds is 4. The summed E-state index contributed by atoms with van der Waals surface area (Å²) in [4.78, 5) is 6.52. The van der Waals surface area contributed by atoms with Crippen molar-refractivity contribution in [1.82, 2.24) is 4.98 Å². The number of hydrogen-bond acceptors (Lipinski definition) is 4. The van der Waals surface area contributed by atoms with Gasteiger partial charge >= 0.3 is 0 Å². The van der Waals surface area contributed by atoms with Gasteiger partial charge in [0.05, 0.1) is 6.10 Å². The van der Waals surface area contributed by atoms with Crippen LogP contribution in [0.2, 0.25) is 0 Å². The Morgan fingerprint density at radius 2 is 2.50 bits per heavy atom. The smallest absolute Gasteiger partial charge is 0.132 e. The van der Waals surface area contributed by atoms with Crippen LogP contribution in [0.4, 0.5) is 5.82 Å². The number of hydrogen-bond donors (Lipinski definition) is 1. The minimum Gasteiger partial charge on any atom is -0.376 e. The van der Waals surface area contributed by atoms with E-state index in [4.69, 9.17) is 10.5 Å². The van der Waals surface area contributed by atoms with Crippen molar-refractivity contribution < 1.29 is 4.74 Å². The van der Waals surface area contributed by atoms with Crippen LogP contribution in [0.3, 0.4) is 0 Å². The first kappa shape index (κ1) is 11.4. The Morgan fingerprint density at radius 3 is 3.19 bits per heavy atom. The highest BCUT2D eigenvalue weighted by Crippen LogP contribution is 2.19. The molecule has 4 heteroatoms. The molecule has 1 unspecified atom stereocenters. The van der Waals surface area contributed by atoms with Crippen LogP contribution in [-0.2, 0) is 11.3 Å². The van der Waals surface area contributed by atoms with E-state index < -0.39 is 0 Å². The fraction of sp³-hybridized carbons (Fsp3) is 0.583. The van der Waals surface area contributed by atoms with Gasteiger partial charge in [0.1, 0.15) is 5.82 Å². The van der Waals surface area contributed by atoms with Crippen molar-refractivity contribution >= 4 is 5.82 Å². The summed E-state index contributed by atoms with van der Waals surface area (Å²) in [7, 11) is 2.04. The van der Waals surface area contributed by atoms with E-state index in [1.54, 1.807) is 6.20 Å². The minimum atomic E-state index is 0.345. The van der Waals surface area contributed by atoms with Gasteiger partial charge < -0.3 is 15.4 Å². The third kappa shape index (κ3) is 2.51. The molecule has 0 spiro atoms. The number of aromatic nitrogens is 1. The van der Waals surface area contributed by atoms with Crippen molar-refractivity contribution in [1.29, 1.82) is 0 Å². The van der Waals surface area contributed by atoms with Crippen LogP contribution in [0.15, 0.2) is 18.3 Å². The molecule has 1 aromatic rings. The summed E-state index contributed by atoms with van der Waals surface area (Å²) in [6, 6.07) is 3.94. The number of anilines is 1. The van der Waals surface area contributed by atoms with Crippen molar-refractivity contribution in [2.75, 3.05) is 25.1 Å². The second kappa shape index (κ2) is 5.27. The van der Waals surface area contributed by atoms with Crippen LogP contribution in [0.1, 0.15) is 18.4 Å². The van der Waals surface area contributed by atoms with Gasteiger partial charge in [-0.15, -0.1) is 0 Å². The molecule has 2 rings (SSSR count). The zero-order valence-electron chi connectivity index (χ0n) is 9.72. The lowest BCUT2D eigenvalue weighted by molar-refractivity contribution is 0.116. The van der Waals surface area contributed by atoms with Crippen LogP contribution in [-0.4, -0.2) is 31.3 Å². The van der Waals surface area contributed by atoms with Crippen LogP contribution in [0.25, 0.3) is 0 Å². The summed E-state index contributed by atoms with van der Waals surface area (Å²) >= 11 is 0. The summed E-state index contributed by atoms with van der Waals surface area (Å²) < 4.78 is 5.62. The van der Waals surface area contributed by atoms with Crippen molar-refractivity contribution in [3.05, 3.63) is 23.9 Å².